The molecule has 0 aliphatic carbocycles. The number of benzene rings is 2. The molecule has 2 nitrogen and oxygen atoms in total. The average Bonchev–Trinajstić information content (AvgIpc) is 2.57. The first-order valence-electron chi connectivity index (χ1n) is 8.35. The fraction of sp³-hybridized carbons (Fsp3) is 0.400. The van der Waals surface area contributed by atoms with Crippen molar-refractivity contribution in [3.63, 3.8) is 0 Å². The second-order valence-electron chi connectivity index (χ2n) is 6.08. The summed E-state index contributed by atoms with van der Waals surface area (Å²) in [5, 5.41) is 4.26. The highest BCUT2D eigenvalue weighted by Gasteiger charge is 2.07. The zero-order valence-electron chi connectivity index (χ0n) is 14.2. The molecule has 0 aromatic heterocycles. The Hall–Kier alpha value is -1.51. The molecule has 2 aromatic carbocycles. The number of ether oxygens (including phenoxy) is 1. The number of nitrogens with one attached hydrogen (secondary N) is 1. The van der Waals surface area contributed by atoms with E-state index in [1.54, 1.807) is 0 Å². The van der Waals surface area contributed by atoms with Gasteiger partial charge >= 0.3 is 0 Å². The molecule has 0 amide bonds. The summed E-state index contributed by atoms with van der Waals surface area (Å²) in [5.41, 5.74) is 1.35. The summed E-state index contributed by atoms with van der Waals surface area (Å²) in [5.74, 6) is 2.19. The summed E-state index contributed by atoms with van der Waals surface area (Å²) < 4.78 is 5.82. The summed E-state index contributed by atoms with van der Waals surface area (Å²) in [6.07, 6.45) is 2.31. The van der Waals surface area contributed by atoms with Crippen molar-refractivity contribution in [2.24, 2.45) is 0 Å². The van der Waals surface area contributed by atoms with Gasteiger partial charge in [0.15, 0.2) is 0 Å². The molecule has 0 aliphatic rings. The molecule has 0 saturated carbocycles. The fourth-order valence-corrected chi connectivity index (χ4v) is 2.49. The van der Waals surface area contributed by atoms with Crippen molar-refractivity contribution in [2.45, 2.75) is 45.6 Å². The third kappa shape index (κ3) is 5.89. The molecule has 0 bridgehead atoms. The van der Waals surface area contributed by atoms with Crippen LogP contribution in [0.5, 0.6) is 11.5 Å². The molecule has 0 fully saturated rings. The lowest BCUT2D eigenvalue weighted by Crippen LogP contribution is -2.26. The molecule has 2 atom stereocenters. The number of hydrogen-bond donors (Lipinski definition) is 1. The highest BCUT2D eigenvalue weighted by Crippen LogP contribution is 2.26. The molecule has 3 heteroatoms. The van der Waals surface area contributed by atoms with Gasteiger partial charge in [-0.15, -0.1) is 0 Å². The summed E-state index contributed by atoms with van der Waals surface area (Å²) in [7, 11) is 0. The molecule has 2 unspecified atom stereocenters. The Kier molecular flexibility index (Phi) is 6.94. The molecule has 2 rings (SSSR count). The van der Waals surface area contributed by atoms with Crippen LogP contribution < -0.4 is 10.1 Å². The molecule has 124 valence electrons. The van der Waals surface area contributed by atoms with Gasteiger partial charge in [-0.2, -0.15) is 0 Å². The van der Waals surface area contributed by atoms with Crippen LogP contribution in [0.3, 0.4) is 0 Å². The first-order chi connectivity index (χ1) is 11.1. The van der Waals surface area contributed by atoms with E-state index in [2.05, 4.69) is 38.2 Å². The minimum atomic E-state index is 0.538. The predicted octanol–water partition coefficient (Wildman–Crippen LogP) is 6.01. The third-order valence-corrected chi connectivity index (χ3v) is 4.43. The molecule has 0 spiro atoms. The SMILES string of the molecule is CCC(C)NCCC(C)c1ccc(Oc2ccc(Cl)cc2)cc1. The van der Waals surface area contributed by atoms with Gasteiger partial charge in [0, 0.05) is 11.1 Å². The van der Waals surface area contributed by atoms with Gasteiger partial charge in [0.1, 0.15) is 11.5 Å². The van der Waals surface area contributed by atoms with E-state index in [9.17, 15) is 0 Å². The summed E-state index contributed by atoms with van der Waals surface area (Å²) in [4.78, 5) is 0. The van der Waals surface area contributed by atoms with Crippen LogP contribution in [0.15, 0.2) is 48.5 Å². The van der Waals surface area contributed by atoms with Crippen LogP contribution in [0.1, 0.15) is 45.1 Å². The molecule has 0 aliphatic heterocycles. The topological polar surface area (TPSA) is 21.3 Å². The van der Waals surface area contributed by atoms with E-state index in [1.165, 1.54) is 12.0 Å². The van der Waals surface area contributed by atoms with Crippen molar-refractivity contribution < 1.29 is 4.74 Å². The van der Waals surface area contributed by atoms with Crippen LogP contribution in [-0.2, 0) is 0 Å². The summed E-state index contributed by atoms with van der Waals surface area (Å²) >= 11 is 5.88. The molecular weight excluding hydrogens is 306 g/mol. The molecule has 2 aromatic rings. The van der Waals surface area contributed by atoms with Gasteiger partial charge in [-0.1, -0.05) is 37.6 Å². The van der Waals surface area contributed by atoms with Gasteiger partial charge in [-0.25, -0.2) is 0 Å². The minimum Gasteiger partial charge on any atom is -0.457 e. The van der Waals surface area contributed by atoms with E-state index in [0.29, 0.717) is 17.0 Å². The molecule has 0 radical (unpaired) electrons. The quantitative estimate of drug-likeness (QED) is 0.639. The Morgan fingerprint density at radius 3 is 2.09 bits per heavy atom. The van der Waals surface area contributed by atoms with E-state index in [4.69, 9.17) is 16.3 Å². The first-order valence-corrected chi connectivity index (χ1v) is 8.73. The van der Waals surface area contributed by atoms with Gasteiger partial charge in [0.25, 0.3) is 0 Å². The van der Waals surface area contributed by atoms with Gasteiger partial charge in [-0.05, 0) is 74.2 Å². The van der Waals surface area contributed by atoms with Crippen molar-refractivity contribution in [3.8, 4) is 11.5 Å². The number of halogens is 1. The van der Waals surface area contributed by atoms with Gasteiger partial charge in [0.2, 0.25) is 0 Å². The maximum absolute atomic E-state index is 5.88. The van der Waals surface area contributed by atoms with Crippen LogP contribution in [0.4, 0.5) is 0 Å². The lowest BCUT2D eigenvalue weighted by molar-refractivity contribution is 0.481. The van der Waals surface area contributed by atoms with E-state index in [-0.39, 0.29) is 0 Å². The fourth-order valence-electron chi connectivity index (χ4n) is 2.36. The lowest BCUT2D eigenvalue weighted by atomic mass is 9.97. The van der Waals surface area contributed by atoms with Gasteiger partial charge in [0.05, 0.1) is 0 Å². The van der Waals surface area contributed by atoms with E-state index < -0.39 is 0 Å². The number of rotatable bonds is 8. The Labute approximate surface area is 144 Å². The molecule has 1 N–H and O–H groups in total. The Morgan fingerprint density at radius 1 is 0.957 bits per heavy atom. The summed E-state index contributed by atoms with van der Waals surface area (Å²) in [6.45, 7) is 7.76. The smallest absolute Gasteiger partial charge is 0.127 e. The Morgan fingerprint density at radius 2 is 1.52 bits per heavy atom. The van der Waals surface area contributed by atoms with Crippen LogP contribution >= 0.6 is 11.6 Å². The normalized spacial score (nSPS) is 13.6. The minimum absolute atomic E-state index is 0.538. The second kappa shape index (κ2) is 8.95. The lowest BCUT2D eigenvalue weighted by Gasteiger charge is -2.16. The van der Waals surface area contributed by atoms with E-state index in [0.717, 1.165) is 24.5 Å². The standard InChI is InChI=1S/C20H26ClNO/c1-4-16(3)22-14-13-15(2)17-5-9-19(10-6-17)23-20-11-7-18(21)8-12-20/h5-12,15-16,22H,4,13-14H2,1-3H3. The molecule has 0 saturated heterocycles. The van der Waals surface area contributed by atoms with E-state index >= 15 is 0 Å². The molecule has 23 heavy (non-hydrogen) atoms. The van der Waals surface area contributed by atoms with Crippen molar-refractivity contribution in [3.05, 3.63) is 59.1 Å². The van der Waals surface area contributed by atoms with Crippen LogP contribution in [0, 0.1) is 0 Å². The van der Waals surface area contributed by atoms with Crippen LogP contribution in [0.2, 0.25) is 5.02 Å². The molecular formula is C20H26ClNO. The van der Waals surface area contributed by atoms with Crippen LogP contribution in [0.25, 0.3) is 0 Å². The predicted molar refractivity (Wildman–Crippen MR) is 98.8 cm³/mol. The summed E-state index contributed by atoms with van der Waals surface area (Å²) in [6, 6.07) is 16.4. The zero-order valence-corrected chi connectivity index (χ0v) is 14.9. The highest BCUT2D eigenvalue weighted by atomic mass is 35.5. The number of hydrogen-bond acceptors (Lipinski definition) is 2. The van der Waals surface area contributed by atoms with Gasteiger partial charge < -0.3 is 10.1 Å². The van der Waals surface area contributed by atoms with Gasteiger partial charge in [-0.3, -0.25) is 0 Å². The van der Waals surface area contributed by atoms with Crippen molar-refractivity contribution in [2.75, 3.05) is 6.54 Å². The first kappa shape index (κ1) is 17.8. The average molecular weight is 332 g/mol. The highest BCUT2D eigenvalue weighted by molar-refractivity contribution is 6.30. The van der Waals surface area contributed by atoms with Crippen molar-refractivity contribution in [1.29, 1.82) is 0 Å². The largest absolute Gasteiger partial charge is 0.457 e. The van der Waals surface area contributed by atoms with Crippen LogP contribution in [-0.4, -0.2) is 12.6 Å². The Bertz CT molecular complexity index is 580. The maximum Gasteiger partial charge on any atom is 0.127 e. The third-order valence-electron chi connectivity index (χ3n) is 4.18. The van der Waals surface area contributed by atoms with E-state index in [1.807, 2.05) is 36.4 Å². The molecule has 0 heterocycles. The van der Waals surface area contributed by atoms with Crippen molar-refractivity contribution in [1.82, 2.24) is 5.32 Å². The maximum atomic E-state index is 5.88. The Balaban J connectivity index is 1.87. The second-order valence-corrected chi connectivity index (χ2v) is 6.51. The zero-order chi connectivity index (χ0) is 16.7. The monoisotopic (exact) mass is 331 g/mol. The van der Waals surface area contributed by atoms with Crippen molar-refractivity contribution >= 4 is 11.6 Å².